The van der Waals surface area contributed by atoms with E-state index in [1.165, 1.54) is 43.9 Å². The van der Waals surface area contributed by atoms with Gasteiger partial charge in [0, 0.05) is 24.3 Å². The lowest BCUT2D eigenvalue weighted by molar-refractivity contribution is -0.384. The summed E-state index contributed by atoms with van der Waals surface area (Å²) in [6.07, 6.45) is 9.64. The number of amides is 1. The van der Waals surface area contributed by atoms with E-state index in [9.17, 15) is 14.9 Å². The maximum Gasteiger partial charge on any atom is 0.270 e. The van der Waals surface area contributed by atoms with Gasteiger partial charge in [-0.25, -0.2) is 0 Å². The van der Waals surface area contributed by atoms with Crippen molar-refractivity contribution in [3.05, 3.63) is 46.0 Å². The van der Waals surface area contributed by atoms with Crippen molar-refractivity contribution in [2.45, 2.75) is 38.1 Å². The van der Waals surface area contributed by atoms with Gasteiger partial charge < -0.3 is 5.32 Å². The Labute approximate surface area is 141 Å². The van der Waals surface area contributed by atoms with Gasteiger partial charge in [0.1, 0.15) is 0 Å². The molecule has 126 valence electrons. The number of hydrogen-bond donors (Lipinski definition) is 1. The van der Waals surface area contributed by atoms with Crippen molar-refractivity contribution >= 4 is 17.7 Å². The molecule has 3 saturated carbocycles. The number of carbonyl (C=O) groups excluding carboxylic acids is 1. The molecule has 1 amide bonds. The zero-order chi connectivity index (χ0) is 16.7. The van der Waals surface area contributed by atoms with Crippen LogP contribution in [0.1, 0.15) is 37.7 Å². The molecular formula is C19H22N2O3. The highest BCUT2D eigenvalue weighted by Crippen LogP contribution is 2.58. The van der Waals surface area contributed by atoms with E-state index in [2.05, 4.69) is 5.32 Å². The van der Waals surface area contributed by atoms with E-state index in [4.69, 9.17) is 0 Å². The number of benzene rings is 1. The molecule has 24 heavy (non-hydrogen) atoms. The monoisotopic (exact) mass is 326 g/mol. The molecule has 0 spiro atoms. The van der Waals surface area contributed by atoms with Crippen LogP contribution in [-0.4, -0.2) is 16.9 Å². The van der Waals surface area contributed by atoms with Crippen LogP contribution < -0.4 is 5.32 Å². The highest BCUT2D eigenvalue weighted by molar-refractivity contribution is 5.92. The summed E-state index contributed by atoms with van der Waals surface area (Å²) in [5.74, 6) is 3.14. The summed E-state index contributed by atoms with van der Waals surface area (Å²) in [4.78, 5) is 22.6. The third kappa shape index (κ3) is 2.72. The zero-order valence-corrected chi connectivity index (χ0v) is 13.6. The molecule has 1 aromatic carbocycles. The van der Waals surface area contributed by atoms with Gasteiger partial charge in [-0.1, -0.05) is 18.6 Å². The predicted molar refractivity (Wildman–Crippen MR) is 91.1 cm³/mol. The van der Waals surface area contributed by atoms with Crippen LogP contribution in [0, 0.1) is 33.8 Å². The minimum absolute atomic E-state index is 0.0398. The van der Waals surface area contributed by atoms with Gasteiger partial charge in [0.25, 0.3) is 5.69 Å². The Bertz CT molecular complexity index is 700. The average molecular weight is 326 g/mol. The molecule has 0 saturated heterocycles. The fourth-order valence-electron chi connectivity index (χ4n) is 5.38. The smallest absolute Gasteiger partial charge is 0.270 e. The van der Waals surface area contributed by atoms with Crippen LogP contribution in [-0.2, 0) is 4.79 Å². The number of nitrogens with zero attached hydrogens (tertiary/aromatic N) is 1. The fourth-order valence-corrected chi connectivity index (χ4v) is 5.38. The van der Waals surface area contributed by atoms with Gasteiger partial charge in [0.05, 0.1) is 4.92 Å². The highest BCUT2D eigenvalue weighted by atomic mass is 16.6. The number of nitrogens with one attached hydrogen (secondary N) is 1. The topological polar surface area (TPSA) is 72.2 Å². The lowest BCUT2D eigenvalue weighted by atomic mass is 9.79. The minimum Gasteiger partial charge on any atom is -0.350 e. The Hall–Kier alpha value is -2.17. The molecule has 5 heteroatoms. The maximum atomic E-state index is 12.2. The Morgan fingerprint density at radius 3 is 2.88 bits per heavy atom. The molecule has 0 heterocycles. The summed E-state index contributed by atoms with van der Waals surface area (Å²) in [7, 11) is 0. The SMILES string of the molecule is O=C(/C=C/c1cccc([N+](=O)[O-])c1)N[C@@H]1C[C@H]2C[C@H]1[C@@H]1CCC[C@@H]21. The molecule has 1 aromatic rings. The molecule has 5 atom stereocenters. The lowest BCUT2D eigenvalue weighted by Crippen LogP contribution is -2.41. The third-order valence-corrected chi connectivity index (χ3v) is 6.26. The van der Waals surface area contributed by atoms with E-state index in [1.807, 2.05) is 0 Å². The summed E-state index contributed by atoms with van der Waals surface area (Å²) in [6, 6.07) is 6.63. The zero-order valence-electron chi connectivity index (χ0n) is 13.6. The largest absolute Gasteiger partial charge is 0.350 e. The summed E-state index contributed by atoms with van der Waals surface area (Å²) in [5.41, 5.74) is 0.709. The number of nitro groups is 1. The van der Waals surface area contributed by atoms with E-state index in [1.54, 1.807) is 18.2 Å². The third-order valence-electron chi connectivity index (χ3n) is 6.26. The molecule has 5 nitrogen and oxygen atoms in total. The second kappa shape index (κ2) is 6.04. The van der Waals surface area contributed by atoms with E-state index in [0.29, 0.717) is 17.5 Å². The maximum absolute atomic E-state index is 12.2. The number of fused-ring (bicyclic) bond motifs is 5. The second-order valence-electron chi connectivity index (χ2n) is 7.45. The second-order valence-corrected chi connectivity index (χ2v) is 7.45. The van der Waals surface area contributed by atoms with E-state index < -0.39 is 4.92 Å². The molecule has 3 aliphatic carbocycles. The van der Waals surface area contributed by atoms with E-state index in [0.717, 1.165) is 24.2 Å². The standard InChI is InChI=1S/C19H22N2O3/c22-19(8-7-12-3-1-4-14(9-12)21(23)24)20-18-11-13-10-17(18)16-6-2-5-15(13)16/h1,3-4,7-9,13,15-18H,2,5-6,10-11H2,(H,20,22)/b8-7+/t13-,15+,16-,17+,18-/m1/s1. The molecule has 0 radical (unpaired) electrons. The number of carbonyl (C=O) groups is 1. The van der Waals surface area contributed by atoms with Gasteiger partial charge in [0.2, 0.25) is 5.91 Å². The van der Waals surface area contributed by atoms with Crippen molar-refractivity contribution in [3.8, 4) is 0 Å². The minimum atomic E-state index is -0.426. The number of hydrogen-bond acceptors (Lipinski definition) is 3. The summed E-state index contributed by atoms with van der Waals surface area (Å²) in [6.45, 7) is 0. The first-order valence-electron chi connectivity index (χ1n) is 8.85. The van der Waals surface area contributed by atoms with Gasteiger partial charge in [0.15, 0.2) is 0 Å². The van der Waals surface area contributed by atoms with Gasteiger partial charge in [-0.05, 0) is 61.0 Å². The first-order chi connectivity index (χ1) is 11.6. The number of non-ortho nitro benzene ring substituents is 1. The number of nitro benzene ring substituents is 1. The summed E-state index contributed by atoms with van der Waals surface area (Å²) >= 11 is 0. The molecule has 4 rings (SSSR count). The summed E-state index contributed by atoms with van der Waals surface area (Å²) < 4.78 is 0. The first-order valence-corrected chi connectivity index (χ1v) is 8.85. The van der Waals surface area contributed by atoms with Crippen molar-refractivity contribution in [2.75, 3.05) is 0 Å². The van der Waals surface area contributed by atoms with Gasteiger partial charge in [-0.3, -0.25) is 14.9 Å². The first kappa shape index (κ1) is 15.4. The van der Waals surface area contributed by atoms with Crippen LogP contribution in [0.5, 0.6) is 0 Å². The molecule has 3 fully saturated rings. The van der Waals surface area contributed by atoms with Crippen molar-refractivity contribution in [1.29, 1.82) is 0 Å². The predicted octanol–water partition coefficient (Wildman–Crippen LogP) is 3.55. The molecule has 0 aromatic heterocycles. The average Bonchev–Trinajstić information content (AvgIpc) is 3.26. The quantitative estimate of drug-likeness (QED) is 0.522. The molecule has 1 N–H and O–H groups in total. The van der Waals surface area contributed by atoms with E-state index in [-0.39, 0.29) is 11.6 Å². The van der Waals surface area contributed by atoms with Crippen molar-refractivity contribution in [1.82, 2.24) is 5.32 Å². The molecular weight excluding hydrogens is 304 g/mol. The van der Waals surface area contributed by atoms with Crippen LogP contribution in [0.15, 0.2) is 30.3 Å². The van der Waals surface area contributed by atoms with Crippen LogP contribution >= 0.6 is 0 Å². The Morgan fingerprint density at radius 2 is 2.04 bits per heavy atom. The Morgan fingerprint density at radius 1 is 1.21 bits per heavy atom. The van der Waals surface area contributed by atoms with Crippen molar-refractivity contribution < 1.29 is 9.72 Å². The van der Waals surface area contributed by atoms with Gasteiger partial charge in [-0.2, -0.15) is 0 Å². The molecule has 0 unspecified atom stereocenters. The molecule has 0 aliphatic heterocycles. The van der Waals surface area contributed by atoms with Crippen molar-refractivity contribution in [2.24, 2.45) is 23.7 Å². The van der Waals surface area contributed by atoms with Crippen LogP contribution in [0.3, 0.4) is 0 Å². The summed E-state index contributed by atoms with van der Waals surface area (Å²) in [5, 5.41) is 14.0. The van der Waals surface area contributed by atoms with Crippen LogP contribution in [0.2, 0.25) is 0 Å². The Kier molecular flexibility index (Phi) is 3.87. The molecule has 2 bridgehead atoms. The van der Waals surface area contributed by atoms with Gasteiger partial charge >= 0.3 is 0 Å². The van der Waals surface area contributed by atoms with E-state index >= 15 is 0 Å². The molecule has 3 aliphatic rings. The van der Waals surface area contributed by atoms with Crippen molar-refractivity contribution in [3.63, 3.8) is 0 Å². The highest BCUT2D eigenvalue weighted by Gasteiger charge is 2.53. The van der Waals surface area contributed by atoms with Crippen LogP contribution in [0.25, 0.3) is 6.08 Å². The van der Waals surface area contributed by atoms with Gasteiger partial charge in [-0.15, -0.1) is 0 Å². The normalized spacial score (nSPS) is 33.8. The van der Waals surface area contributed by atoms with Crippen LogP contribution in [0.4, 0.5) is 5.69 Å². The number of rotatable bonds is 4. The fraction of sp³-hybridized carbons (Fsp3) is 0.526. The Balaban J connectivity index is 1.37. The lowest BCUT2D eigenvalue weighted by Gasteiger charge is -2.31.